The highest BCUT2D eigenvalue weighted by Crippen LogP contribution is 2.45. The molecule has 0 aromatic heterocycles. The number of ether oxygens (including phenoxy) is 4. The second-order valence-corrected chi connectivity index (χ2v) is 27.0. The van der Waals surface area contributed by atoms with Crippen molar-refractivity contribution < 1.29 is 80.2 Å². The van der Waals surface area contributed by atoms with E-state index in [-0.39, 0.29) is 25.7 Å². The summed E-state index contributed by atoms with van der Waals surface area (Å²) in [5.41, 5.74) is 0. The fourth-order valence-electron chi connectivity index (χ4n) is 9.27. The third-order valence-corrected chi connectivity index (χ3v) is 16.7. The molecule has 0 spiro atoms. The quantitative estimate of drug-likeness (QED) is 0.0169. The zero-order chi connectivity index (χ0) is 70.4. The number of aliphatic hydroxyl groups excluding tert-OH is 1. The Morgan fingerprint density at radius 2 is 0.573 bits per heavy atom. The zero-order valence-corrected chi connectivity index (χ0v) is 61.5. The number of hydrogen-bond acceptors (Lipinski definition) is 15. The van der Waals surface area contributed by atoms with Crippen LogP contribution in [-0.2, 0) is 65.4 Å². The molecule has 0 aromatic carbocycles. The van der Waals surface area contributed by atoms with Gasteiger partial charge >= 0.3 is 39.5 Å². The third-order valence-electron chi connectivity index (χ3n) is 14.8. The van der Waals surface area contributed by atoms with Crippen LogP contribution in [0.15, 0.2) is 122 Å². The van der Waals surface area contributed by atoms with Crippen LogP contribution in [0.5, 0.6) is 0 Å². The van der Waals surface area contributed by atoms with Gasteiger partial charge in [-0.15, -0.1) is 0 Å². The van der Waals surface area contributed by atoms with Crippen LogP contribution >= 0.6 is 15.6 Å². The molecule has 0 fully saturated rings. The van der Waals surface area contributed by atoms with Gasteiger partial charge in [0.05, 0.1) is 26.4 Å². The molecule has 0 heterocycles. The van der Waals surface area contributed by atoms with E-state index in [0.717, 1.165) is 173 Å². The molecule has 0 saturated carbocycles. The third kappa shape index (κ3) is 68.0. The molecule has 0 aliphatic rings. The Labute approximate surface area is 581 Å². The van der Waals surface area contributed by atoms with Crippen LogP contribution in [-0.4, -0.2) is 96.7 Å². The van der Waals surface area contributed by atoms with Crippen LogP contribution in [0, 0.1) is 0 Å². The van der Waals surface area contributed by atoms with Crippen molar-refractivity contribution in [3.63, 3.8) is 0 Å². The van der Waals surface area contributed by atoms with Crippen molar-refractivity contribution in [3.8, 4) is 0 Å². The molecule has 0 rings (SSSR count). The van der Waals surface area contributed by atoms with E-state index in [1.165, 1.54) is 25.7 Å². The molecule has 5 atom stereocenters. The van der Waals surface area contributed by atoms with Crippen LogP contribution in [0.25, 0.3) is 0 Å². The Morgan fingerprint density at radius 1 is 0.302 bits per heavy atom. The van der Waals surface area contributed by atoms with Gasteiger partial charge in [-0.3, -0.25) is 37.3 Å². The van der Waals surface area contributed by atoms with Gasteiger partial charge in [0.15, 0.2) is 12.2 Å². The molecule has 96 heavy (non-hydrogen) atoms. The van der Waals surface area contributed by atoms with Gasteiger partial charge in [0.25, 0.3) is 0 Å². The first kappa shape index (κ1) is 91.5. The molecule has 5 unspecified atom stereocenters. The molecule has 0 aliphatic heterocycles. The summed E-state index contributed by atoms with van der Waals surface area (Å²) < 4.78 is 68.3. The molecule has 0 aliphatic carbocycles. The van der Waals surface area contributed by atoms with Gasteiger partial charge in [-0.1, -0.05) is 239 Å². The van der Waals surface area contributed by atoms with Crippen molar-refractivity contribution in [1.29, 1.82) is 0 Å². The minimum absolute atomic E-state index is 0.0700. The van der Waals surface area contributed by atoms with E-state index in [2.05, 4.69) is 137 Å². The second kappa shape index (κ2) is 69.0. The Hall–Kier alpha value is -4.54. The lowest BCUT2D eigenvalue weighted by atomic mass is 10.1. The average molecular weight is 1390 g/mol. The van der Waals surface area contributed by atoms with Crippen molar-refractivity contribution >= 4 is 39.5 Å². The van der Waals surface area contributed by atoms with E-state index < -0.39 is 97.5 Å². The molecule has 19 heteroatoms. The van der Waals surface area contributed by atoms with Gasteiger partial charge in [-0.2, -0.15) is 0 Å². The molecule has 550 valence electrons. The zero-order valence-electron chi connectivity index (χ0n) is 59.8. The Bertz CT molecular complexity index is 2300. The summed E-state index contributed by atoms with van der Waals surface area (Å²) >= 11 is 0. The van der Waals surface area contributed by atoms with Crippen molar-refractivity contribution in [2.24, 2.45) is 0 Å². The molecule has 0 aromatic rings. The van der Waals surface area contributed by atoms with Gasteiger partial charge in [0.1, 0.15) is 19.3 Å². The molecule has 0 amide bonds. The summed E-state index contributed by atoms with van der Waals surface area (Å²) in [5, 5.41) is 10.6. The number of phosphoric acid groups is 2. The maximum Gasteiger partial charge on any atom is 0.472 e. The summed E-state index contributed by atoms with van der Waals surface area (Å²) in [6.45, 7) is 4.49. The van der Waals surface area contributed by atoms with Crippen LogP contribution in [0.4, 0.5) is 0 Å². The number of allylic oxidation sites excluding steroid dienone is 20. The number of aliphatic hydroxyl groups is 1. The molecular weight excluding hydrogens is 1260 g/mol. The summed E-state index contributed by atoms with van der Waals surface area (Å²) in [6.07, 6.45) is 73.5. The number of rotatable bonds is 68. The van der Waals surface area contributed by atoms with E-state index in [1.807, 2.05) is 12.2 Å². The fraction of sp³-hybridized carbons (Fsp3) is 0.688. The van der Waals surface area contributed by atoms with E-state index >= 15 is 0 Å². The lowest BCUT2D eigenvalue weighted by Crippen LogP contribution is -2.30. The van der Waals surface area contributed by atoms with E-state index in [9.17, 15) is 43.2 Å². The number of esters is 4. The van der Waals surface area contributed by atoms with E-state index in [0.29, 0.717) is 32.1 Å². The Kier molecular flexibility index (Phi) is 65.7. The summed E-state index contributed by atoms with van der Waals surface area (Å²) in [6, 6.07) is 0. The molecule has 0 bridgehead atoms. The SMILES string of the molecule is CC/C=C\C/C=C\C/C=C\C/C=C\C/C=C\CCCC(=O)OCC(COP(=O)(O)OCC(O)COP(=O)(O)OCC(COC(=O)CCCCCCC/C=C\C/C=C\CCC)OC(=O)CCCCCCC/C=C\C/C=C\CCC)OC(=O)CCCCCCC/C=C\CCCCCC. The maximum atomic E-state index is 13.0. The molecule has 17 nitrogen and oxygen atoms in total. The van der Waals surface area contributed by atoms with E-state index in [1.54, 1.807) is 0 Å². The van der Waals surface area contributed by atoms with Crippen molar-refractivity contribution in [2.45, 2.75) is 303 Å². The number of phosphoric ester groups is 2. The Morgan fingerprint density at radius 3 is 0.927 bits per heavy atom. The number of carbonyl (C=O) groups excluding carboxylic acids is 4. The highest BCUT2D eigenvalue weighted by molar-refractivity contribution is 7.47. The minimum atomic E-state index is -4.99. The van der Waals surface area contributed by atoms with Crippen LogP contribution in [0.1, 0.15) is 285 Å². The van der Waals surface area contributed by atoms with Gasteiger partial charge in [-0.05, 0) is 141 Å². The fourth-order valence-corrected chi connectivity index (χ4v) is 10.8. The maximum absolute atomic E-state index is 13.0. The smallest absolute Gasteiger partial charge is 0.462 e. The molecule has 0 radical (unpaired) electrons. The number of hydrogen-bond donors (Lipinski definition) is 3. The highest BCUT2D eigenvalue weighted by atomic mass is 31.2. The second-order valence-electron chi connectivity index (χ2n) is 24.1. The van der Waals surface area contributed by atoms with Gasteiger partial charge in [0.2, 0.25) is 0 Å². The predicted octanol–water partition coefficient (Wildman–Crippen LogP) is 20.8. The van der Waals surface area contributed by atoms with Crippen LogP contribution in [0.2, 0.25) is 0 Å². The van der Waals surface area contributed by atoms with Gasteiger partial charge in [-0.25, -0.2) is 9.13 Å². The lowest BCUT2D eigenvalue weighted by Gasteiger charge is -2.21. The van der Waals surface area contributed by atoms with Crippen molar-refractivity contribution in [2.75, 3.05) is 39.6 Å². The average Bonchev–Trinajstić information content (AvgIpc) is 3.12. The van der Waals surface area contributed by atoms with Crippen LogP contribution in [0.3, 0.4) is 0 Å². The first-order valence-corrected chi connectivity index (χ1v) is 39.8. The monoisotopic (exact) mass is 1390 g/mol. The first-order chi connectivity index (χ1) is 46.7. The first-order valence-electron chi connectivity index (χ1n) is 36.8. The summed E-state index contributed by atoms with van der Waals surface area (Å²) in [5.74, 6) is -2.29. The number of carbonyl (C=O) groups is 4. The minimum Gasteiger partial charge on any atom is -0.462 e. The largest absolute Gasteiger partial charge is 0.472 e. The topological polar surface area (TPSA) is 237 Å². The van der Waals surface area contributed by atoms with Gasteiger partial charge in [0, 0.05) is 25.7 Å². The van der Waals surface area contributed by atoms with Crippen molar-refractivity contribution in [3.05, 3.63) is 122 Å². The number of unbranched alkanes of at least 4 members (excludes halogenated alkanes) is 22. The molecule has 3 N–H and O–H groups in total. The summed E-state index contributed by atoms with van der Waals surface area (Å²) in [7, 11) is -9.97. The standard InChI is InChI=1S/C77H130O17P2/c1-5-9-13-17-21-25-29-33-34-35-36-40-42-46-50-54-58-62-75(80)88-68-73(94-77(82)64-60-56-52-48-44-39-32-28-24-20-16-12-8-4)70-92-96(85,86)90-66-71(78)65-89-95(83,84)91-69-72(93-76(81)63-59-55-51-47-43-38-31-27-23-19-15-11-7-3)67-87-74(79)61-57-53-49-45-41-37-30-26-22-18-14-10-6-2/h9,13-15,18-19,21,25-28,30-34,36,40,46,50,71-73,78H,5-8,10-12,16-17,20,22-24,29,35,37-39,41-45,47-49,51-70H2,1-4H3,(H,83,84)(H,85,86)/b13-9-,18-14-,19-15-,25-21-,30-26-,31-27-,32-28-,34-33-,40-36-,50-46-. The normalized spacial score (nSPS) is 14.7. The Balaban J connectivity index is 5.41. The van der Waals surface area contributed by atoms with Crippen LogP contribution < -0.4 is 0 Å². The molecular formula is C77H130O17P2. The van der Waals surface area contributed by atoms with Gasteiger partial charge < -0.3 is 33.8 Å². The predicted molar refractivity (Wildman–Crippen MR) is 390 cm³/mol. The van der Waals surface area contributed by atoms with Crippen molar-refractivity contribution in [1.82, 2.24) is 0 Å². The molecule has 0 saturated heterocycles. The summed E-state index contributed by atoms with van der Waals surface area (Å²) in [4.78, 5) is 72.7. The van der Waals surface area contributed by atoms with E-state index in [4.69, 9.17) is 37.0 Å². The highest BCUT2D eigenvalue weighted by Gasteiger charge is 2.30. The lowest BCUT2D eigenvalue weighted by molar-refractivity contribution is -0.161.